The Morgan fingerprint density at radius 1 is 1.38 bits per heavy atom. The van der Waals surface area contributed by atoms with Gasteiger partial charge in [-0.1, -0.05) is 19.3 Å². The van der Waals surface area contributed by atoms with Crippen molar-refractivity contribution in [3.63, 3.8) is 0 Å². The normalized spacial score (nSPS) is 19.2. The summed E-state index contributed by atoms with van der Waals surface area (Å²) < 4.78 is 5.67. The average Bonchev–Trinajstić information content (AvgIpc) is 2.33. The molecule has 3 nitrogen and oxygen atoms in total. The molecule has 0 amide bonds. The van der Waals surface area contributed by atoms with Crippen molar-refractivity contribution in [2.45, 2.75) is 50.7 Å². The van der Waals surface area contributed by atoms with Crippen molar-refractivity contribution < 1.29 is 9.84 Å². The number of aliphatic hydroxyl groups is 1. The van der Waals surface area contributed by atoms with E-state index in [9.17, 15) is 5.11 Å². The van der Waals surface area contributed by atoms with Crippen molar-refractivity contribution >= 4 is 0 Å². The summed E-state index contributed by atoms with van der Waals surface area (Å²) in [5, 5.41) is 12.7. The second kappa shape index (κ2) is 8.58. The fourth-order valence-electron chi connectivity index (χ4n) is 1.97. The molecule has 0 aromatic carbocycles. The van der Waals surface area contributed by atoms with E-state index >= 15 is 0 Å². The van der Waals surface area contributed by atoms with Gasteiger partial charge in [-0.2, -0.15) is 0 Å². The van der Waals surface area contributed by atoms with E-state index in [-0.39, 0.29) is 0 Å². The summed E-state index contributed by atoms with van der Waals surface area (Å²) in [7, 11) is 0. The topological polar surface area (TPSA) is 41.5 Å². The largest absolute Gasteiger partial charge is 0.389 e. The molecule has 1 saturated carbocycles. The van der Waals surface area contributed by atoms with Gasteiger partial charge in [0, 0.05) is 19.5 Å². The zero-order valence-corrected chi connectivity index (χ0v) is 9.95. The molecular weight excluding hydrogens is 202 g/mol. The lowest BCUT2D eigenvalue weighted by atomic mass is 9.98. The smallest absolute Gasteiger partial charge is 0.0897 e. The van der Waals surface area contributed by atoms with Crippen molar-refractivity contribution in [3.8, 4) is 12.3 Å². The summed E-state index contributed by atoms with van der Waals surface area (Å²) >= 11 is 0. The molecule has 0 heterocycles. The SMILES string of the molecule is C#CCCNCC(O)COC1CCCCC1. The number of hydrogen-bond donors (Lipinski definition) is 2. The molecule has 0 saturated heterocycles. The number of nitrogens with one attached hydrogen (secondary N) is 1. The van der Waals surface area contributed by atoms with Gasteiger partial charge in [-0.15, -0.1) is 12.3 Å². The molecule has 1 fully saturated rings. The van der Waals surface area contributed by atoms with Gasteiger partial charge in [0.05, 0.1) is 18.8 Å². The third kappa shape index (κ3) is 6.12. The number of terminal acetylenes is 1. The van der Waals surface area contributed by atoms with Crippen LogP contribution < -0.4 is 5.32 Å². The van der Waals surface area contributed by atoms with E-state index in [1.807, 2.05) is 0 Å². The van der Waals surface area contributed by atoms with E-state index in [4.69, 9.17) is 11.2 Å². The Labute approximate surface area is 98.6 Å². The standard InChI is InChI=1S/C13H23NO2/c1-2-3-9-14-10-12(15)11-16-13-7-5-4-6-8-13/h1,12-15H,3-11H2. The van der Waals surface area contributed by atoms with Gasteiger partial charge in [0.1, 0.15) is 0 Å². The van der Waals surface area contributed by atoms with Crippen LogP contribution in [0.4, 0.5) is 0 Å². The Morgan fingerprint density at radius 2 is 2.12 bits per heavy atom. The Hall–Kier alpha value is -0.560. The molecule has 0 aliphatic heterocycles. The van der Waals surface area contributed by atoms with Gasteiger partial charge in [0.2, 0.25) is 0 Å². The zero-order chi connectivity index (χ0) is 11.6. The Kier molecular flexibility index (Phi) is 7.24. The fraction of sp³-hybridized carbons (Fsp3) is 0.846. The van der Waals surface area contributed by atoms with Gasteiger partial charge < -0.3 is 15.2 Å². The predicted molar refractivity (Wildman–Crippen MR) is 65.2 cm³/mol. The van der Waals surface area contributed by atoms with E-state index in [1.165, 1.54) is 19.3 Å². The van der Waals surface area contributed by atoms with E-state index in [1.54, 1.807) is 0 Å². The molecule has 0 bridgehead atoms. The molecular formula is C13H23NO2. The first kappa shape index (κ1) is 13.5. The van der Waals surface area contributed by atoms with Crippen LogP contribution in [0, 0.1) is 12.3 Å². The van der Waals surface area contributed by atoms with Crippen molar-refractivity contribution in [1.82, 2.24) is 5.32 Å². The van der Waals surface area contributed by atoms with Crippen LogP contribution in [-0.4, -0.2) is 37.0 Å². The van der Waals surface area contributed by atoms with Crippen molar-refractivity contribution in [3.05, 3.63) is 0 Å². The molecule has 0 radical (unpaired) electrons. The number of rotatable bonds is 7. The molecule has 1 atom stereocenters. The fourth-order valence-corrected chi connectivity index (χ4v) is 1.97. The van der Waals surface area contributed by atoms with Gasteiger partial charge in [0.15, 0.2) is 0 Å². The highest BCUT2D eigenvalue weighted by molar-refractivity contribution is 4.84. The van der Waals surface area contributed by atoms with Crippen LogP contribution in [-0.2, 0) is 4.74 Å². The van der Waals surface area contributed by atoms with Crippen molar-refractivity contribution in [1.29, 1.82) is 0 Å². The van der Waals surface area contributed by atoms with Crippen molar-refractivity contribution in [2.75, 3.05) is 19.7 Å². The molecule has 16 heavy (non-hydrogen) atoms. The summed E-state index contributed by atoms with van der Waals surface area (Å²) in [6, 6.07) is 0. The molecule has 1 aliphatic carbocycles. The number of ether oxygens (including phenoxy) is 1. The third-order valence-electron chi connectivity index (χ3n) is 2.90. The second-order valence-electron chi connectivity index (χ2n) is 4.41. The highest BCUT2D eigenvalue weighted by atomic mass is 16.5. The van der Waals surface area contributed by atoms with Crippen LogP contribution in [0.15, 0.2) is 0 Å². The van der Waals surface area contributed by atoms with Crippen LogP contribution in [0.1, 0.15) is 38.5 Å². The van der Waals surface area contributed by atoms with Gasteiger partial charge in [0.25, 0.3) is 0 Å². The average molecular weight is 225 g/mol. The van der Waals surface area contributed by atoms with E-state index < -0.39 is 6.10 Å². The van der Waals surface area contributed by atoms with Crippen molar-refractivity contribution in [2.24, 2.45) is 0 Å². The third-order valence-corrected chi connectivity index (χ3v) is 2.90. The monoisotopic (exact) mass is 225 g/mol. The highest BCUT2D eigenvalue weighted by Crippen LogP contribution is 2.20. The minimum atomic E-state index is -0.417. The molecule has 92 valence electrons. The molecule has 3 heteroatoms. The van der Waals surface area contributed by atoms with Gasteiger partial charge >= 0.3 is 0 Å². The van der Waals surface area contributed by atoms with Crippen LogP contribution in [0.5, 0.6) is 0 Å². The molecule has 0 aromatic rings. The lowest BCUT2D eigenvalue weighted by molar-refractivity contribution is -0.0228. The van der Waals surface area contributed by atoms with E-state index in [0.717, 1.165) is 19.4 Å². The lowest BCUT2D eigenvalue weighted by Crippen LogP contribution is -2.32. The van der Waals surface area contributed by atoms with Gasteiger partial charge in [-0.25, -0.2) is 0 Å². The van der Waals surface area contributed by atoms with E-state index in [0.29, 0.717) is 25.7 Å². The first-order valence-electron chi connectivity index (χ1n) is 6.26. The molecule has 0 spiro atoms. The number of hydrogen-bond acceptors (Lipinski definition) is 3. The number of aliphatic hydroxyl groups excluding tert-OH is 1. The Bertz CT molecular complexity index is 206. The van der Waals surface area contributed by atoms with Crippen LogP contribution >= 0.6 is 0 Å². The van der Waals surface area contributed by atoms with E-state index in [2.05, 4.69) is 11.2 Å². The second-order valence-corrected chi connectivity index (χ2v) is 4.41. The first-order chi connectivity index (χ1) is 7.83. The quantitative estimate of drug-likeness (QED) is 0.507. The maximum atomic E-state index is 9.64. The summed E-state index contributed by atoms with van der Waals surface area (Å²) in [5.41, 5.74) is 0. The first-order valence-corrected chi connectivity index (χ1v) is 6.26. The van der Waals surface area contributed by atoms with Crippen LogP contribution in [0.25, 0.3) is 0 Å². The summed E-state index contributed by atoms with van der Waals surface area (Å²) in [6.45, 7) is 1.76. The summed E-state index contributed by atoms with van der Waals surface area (Å²) in [5.74, 6) is 2.55. The molecule has 1 rings (SSSR count). The van der Waals surface area contributed by atoms with Crippen LogP contribution in [0.3, 0.4) is 0 Å². The lowest BCUT2D eigenvalue weighted by Gasteiger charge is -2.23. The van der Waals surface area contributed by atoms with Crippen LogP contribution in [0.2, 0.25) is 0 Å². The maximum absolute atomic E-state index is 9.64. The minimum Gasteiger partial charge on any atom is -0.389 e. The molecule has 1 aliphatic rings. The molecule has 0 aromatic heterocycles. The predicted octanol–water partition coefficient (Wildman–Crippen LogP) is 1.31. The molecule has 2 N–H and O–H groups in total. The summed E-state index contributed by atoms with van der Waals surface area (Å²) in [6.07, 6.45) is 11.9. The summed E-state index contributed by atoms with van der Waals surface area (Å²) in [4.78, 5) is 0. The zero-order valence-electron chi connectivity index (χ0n) is 9.95. The maximum Gasteiger partial charge on any atom is 0.0897 e. The minimum absolute atomic E-state index is 0.370. The molecule has 1 unspecified atom stereocenters. The highest BCUT2D eigenvalue weighted by Gasteiger charge is 2.15. The Balaban J connectivity index is 1.96. The van der Waals surface area contributed by atoms with Gasteiger partial charge in [-0.05, 0) is 12.8 Å². The Morgan fingerprint density at radius 3 is 2.81 bits per heavy atom. The van der Waals surface area contributed by atoms with Gasteiger partial charge in [-0.3, -0.25) is 0 Å².